The van der Waals surface area contributed by atoms with Crippen molar-refractivity contribution in [3.63, 3.8) is 0 Å². The van der Waals surface area contributed by atoms with E-state index >= 15 is 0 Å². The van der Waals surface area contributed by atoms with Crippen LogP contribution in [0.5, 0.6) is 0 Å². The van der Waals surface area contributed by atoms with Crippen molar-refractivity contribution in [1.82, 2.24) is 10.2 Å². The van der Waals surface area contributed by atoms with Gasteiger partial charge in [-0.1, -0.05) is 18.2 Å². The van der Waals surface area contributed by atoms with E-state index in [1.165, 1.54) is 18.2 Å². The summed E-state index contributed by atoms with van der Waals surface area (Å²) < 4.78 is 43.0. The molecule has 2 amide bonds. The number of rotatable bonds is 3. The summed E-state index contributed by atoms with van der Waals surface area (Å²) in [6.07, 6.45) is 2.14. The standard InChI is InChI=1S/C21H22F3N3O/c1-25-18-9-8-12-10-27(11-14(12)18)21(28)26-20-13(4-2-7-17(20)24)19-15(22)5-3-6-16(19)23/h2-7,12,14,18,25H,8-11H2,1H3,(H,26,28). The van der Waals surface area contributed by atoms with Gasteiger partial charge in [-0.05, 0) is 49.9 Å². The second-order valence-corrected chi connectivity index (χ2v) is 7.49. The molecule has 4 rings (SSSR count). The molecule has 1 aliphatic heterocycles. The van der Waals surface area contributed by atoms with Crippen LogP contribution < -0.4 is 10.6 Å². The van der Waals surface area contributed by atoms with Crippen LogP contribution in [-0.2, 0) is 0 Å². The lowest BCUT2D eigenvalue weighted by atomic mass is 9.98. The highest BCUT2D eigenvalue weighted by atomic mass is 19.1. The minimum absolute atomic E-state index is 0.0172. The van der Waals surface area contributed by atoms with Gasteiger partial charge in [-0.25, -0.2) is 18.0 Å². The summed E-state index contributed by atoms with van der Waals surface area (Å²) in [6, 6.07) is 7.30. The van der Waals surface area contributed by atoms with E-state index in [2.05, 4.69) is 10.6 Å². The molecule has 0 radical (unpaired) electrons. The van der Waals surface area contributed by atoms with Gasteiger partial charge in [0.1, 0.15) is 17.5 Å². The average Bonchev–Trinajstić information content (AvgIpc) is 3.24. The summed E-state index contributed by atoms with van der Waals surface area (Å²) in [7, 11) is 1.92. The Hall–Kier alpha value is -2.54. The number of hydrogen-bond donors (Lipinski definition) is 2. The van der Waals surface area contributed by atoms with E-state index in [9.17, 15) is 18.0 Å². The largest absolute Gasteiger partial charge is 0.324 e. The molecule has 3 atom stereocenters. The van der Waals surface area contributed by atoms with Crippen LogP contribution in [0, 0.1) is 29.3 Å². The van der Waals surface area contributed by atoms with Crippen molar-refractivity contribution in [2.45, 2.75) is 18.9 Å². The summed E-state index contributed by atoms with van der Waals surface area (Å²) in [5.74, 6) is -1.56. The highest BCUT2D eigenvalue weighted by Crippen LogP contribution is 2.39. The van der Waals surface area contributed by atoms with Gasteiger partial charge in [0.15, 0.2) is 0 Å². The number of likely N-dealkylation sites (tertiary alicyclic amines) is 1. The highest BCUT2D eigenvalue weighted by molar-refractivity contribution is 5.95. The molecule has 0 aromatic heterocycles. The maximum absolute atomic E-state index is 14.5. The first kappa shape index (κ1) is 18.8. The topological polar surface area (TPSA) is 44.4 Å². The number of hydrogen-bond acceptors (Lipinski definition) is 2. The zero-order chi connectivity index (χ0) is 19.8. The molecule has 2 aromatic carbocycles. The van der Waals surface area contributed by atoms with Gasteiger partial charge in [-0.2, -0.15) is 0 Å². The van der Waals surface area contributed by atoms with E-state index < -0.39 is 23.5 Å². The second-order valence-electron chi connectivity index (χ2n) is 7.49. The van der Waals surface area contributed by atoms with E-state index in [0.29, 0.717) is 31.0 Å². The zero-order valence-electron chi connectivity index (χ0n) is 15.5. The molecule has 3 unspecified atom stereocenters. The number of anilines is 1. The molecule has 1 saturated carbocycles. The number of benzene rings is 2. The maximum atomic E-state index is 14.5. The number of halogens is 3. The Balaban J connectivity index is 1.60. The van der Waals surface area contributed by atoms with Crippen LogP contribution in [0.3, 0.4) is 0 Å². The number of nitrogens with one attached hydrogen (secondary N) is 2. The third-order valence-corrected chi connectivity index (χ3v) is 5.99. The highest BCUT2D eigenvalue weighted by Gasteiger charge is 2.43. The van der Waals surface area contributed by atoms with E-state index in [1.807, 2.05) is 7.05 Å². The van der Waals surface area contributed by atoms with Gasteiger partial charge in [0.25, 0.3) is 0 Å². The number of fused-ring (bicyclic) bond motifs is 1. The second kappa shape index (κ2) is 7.47. The normalized spacial score (nSPS) is 23.7. The molecule has 148 valence electrons. The number of para-hydroxylation sites is 1. The fraction of sp³-hybridized carbons (Fsp3) is 0.381. The van der Waals surface area contributed by atoms with Crippen molar-refractivity contribution in [1.29, 1.82) is 0 Å². The molecule has 1 heterocycles. The van der Waals surface area contributed by atoms with Crippen molar-refractivity contribution in [3.8, 4) is 11.1 Å². The van der Waals surface area contributed by atoms with Gasteiger partial charge in [-0.3, -0.25) is 0 Å². The first-order valence-electron chi connectivity index (χ1n) is 9.45. The Bertz CT molecular complexity index is 884. The predicted octanol–water partition coefficient (Wildman–Crippen LogP) is 4.23. The van der Waals surface area contributed by atoms with Crippen LogP contribution in [0.25, 0.3) is 11.1 Å². The average molecular weight is 389 g/mol. The van der Waals surface area contributed by atoms with Crippen molar-refractivity contribution >= 4 is 11.7 Å². The summed E-state index contributed by atoms with van der Waals surface area (Å²) in [4.78, 5) is 14.4. The van der Waals surface area contributed by atoms with E-state index in [4.69, 9.17) is 0 Å². The summed E-state index contributed by atoms with van der Waals surface area (Å²) in [5, 5.41) is 5.85. The summed E-state index contributed by atoms with van der Waals surface area (Å²) in [5.41, 5.74) is -0.582. The lowest BCUT2D eigenvalue weighted by molar-refractivity contribution is 0.217. The molecule has 0 bridgehead atoms. The van der Waals surface area contributed by atoms with Crippen LogP contribution in [0.1, 0.15) is 12.8 Å². The number of nitrogens with zero attached hydrogens (tertiary/aromatic N) is 1. The Morgan fingerprint density at radius 2 is 1.68 bits per heavy atom. The Morgan fingerprint density at radius 1 is 1.00 bits per heavy atom. The molecule has 7 heteroatoms. The monoisotopic (exact) mass is 389 g/mol. The third kappa shape index (κ3) is 3.24. The fourth-order valence-electron chi connectivity index (χ4n) is 4.59. The molecular formula is C21H22F3N3O. The molecule has 2 aromatic rings. The van der Waals surface area contributed by atoms with Crippen LogP contribution in [0.15, 0.2) is 36.4 Å². The third-order valence-electron chi connectivity index (χ3n) is 5.99. The maximum Gasteiger partial charge on any atom is 0.321 e. The number of urea groups is 1. The number of carbonyl (C=O) groups excluding carboxylic acids is 1. The van der Waals surface area contributed by atoms with Crippen molar-refractivity contribution < 1.29 is 18.0 Å². The van der Waals surface area contributed by atoms with E-state index in [0.717, 1.165) is 31.0 Å². The van der Waals surface area contributed by atoms with Crippen LogP contribution in [0.4, 0.5) is 23.7 Å². The van der Waals surface area contributed by atoms with Crippen LogP contribution >= 0.6 is 0 Å². The minimum atomic E-state index is -0.811. The molecule has 1 aliphatic carbocycles. The molecule has 28 heavy (non-hydrogen) atoms. The van der Waals surface area contributed by atoms with Gasteiger partial charge in [0, 0.05) is 24.7 Å². The molecule has 4 nitrogen and oxygen atoms in total. The molecule has 2 aliphatic rings. The summed E-state index contributed by atoms with van der Waals surface area (Å²) >= 11 is 0. The van der Waals surface area contributed by atoms with Crippen LogP contribution in [0.2, 0.25) is 0 Å². The molecular weight excluding hydrogens is 367 g/mol. The van der Waals surface area contributed by atoms with Gasteiger partial charge < -0.3 is 15.5 Å². The Labute approximate surface area is 161 Å². The number of amides is 2. The van der Waals surface area contributed by atoms with Crippen molar-refractivity contribution in [3.05, 3.63) is 53.8 Å². The zero-order valence-corrected chi connectivity index (χ0v) is 15.5. The number of carbonyl (C=O) groups is 1. The Kier molecular flexibility index (Phi) is 5.02. The smallest absolute Gasteiger partial charge is 0.321 e. The van der Waals surface area contributed by atoms with E-state index in [1.54, 1.807) is 4.90 Å². The first-order valence-corrected chi connectivity index (χ1v) is 9.45. The van der Waals surface area contributed by atoms with Gasteiger partial charge in [0.05, 0.1) is 11.3 Å². The lowest BCUT2D eigenvalue weighted by Crippen LogP contribution is -2.37. The fourth-order valence-corrected chi connectivity index (χ4v) is 4.59. The van der Waals surface area contributed by atoms with Gasteiger partial charge in [0.2, 0.25) is 0 Å². The first-order chi connectivity index (χ1) is 13.5. The predicted molar refractivity (Wildman–Crippen MR) is 101 cm³/mol. The molecule has 2 fully saturated rings. The quantitative estimate of drug-likeness (QED) is 0.825. The molecule has 1 saturated heterocycles. The Morgan fingerprint density at radius 3 is 2.39 bits per heavy atom. The minimum Gasteiger partial charge on any atom is -0.324 e. The molecule has 2 N–H and O–H groups in total. The SMILES string of the molecule is CNC1CCC2CN(C(=O)Nc3c(F)cccc3-c3c(F)cccc3F)CC21. The molecule has 0 spiro atoms. The van der Waals surface area contributed by atoms with Crippen molar-refractivity contribution in [2.24, 2.45) is 11.8 Å². The lowest BCUT2D eigenvalue weighted by Gasteiger charge is -2.22. The van der Waals surface area contributed by atoms with Crippen molar-refractivity contribution in [2.75, 3.05) is 25.5 Å². The van der Waals surface area contributed by atoms with Gasteiger partial charge in [-0.15, -0.1) is 0 Å². The summed E-state index contributed by atoms with van der Waals surface area (Å²) in [6.45, 7) is 1.19. The van der Waals surface area contributed by atoms with Gasteiger partial charge >= 0.3 is 6.03 Å². The van der Waals surface area contributed by atoms with Crippen LogP contribution in [-0.4, -0.2) is 37.1 Å². The van der Waals surface area contributed by atoms with E-state index in [-0.39, 0.29) is 16.8 Å².